The molecule has 3 rings (SSSR count). The van der Waals surface area contributed by atoms with Crippen LogP contribution in [0.2, 0.25) is 0 Å². The van der Waals surface area contributed by atoms with Gasteiger partial charge in [-0.2, -0.15) is 0 Å². The summed E-state index contributed by atoms with van der Waals surface area (Å²) < 4.78 is 51.2. The average Bonchev–Trinajstić information content (AvgIpc) is 3.11. The predicted molar refractivity (Wildman–Crippen MR) is 204 cm³/mol. The molecule has 0 aliphatic carbocycles. The molecule has 0 bridgehead atoms. The fraction of sp³-hybridized carbons (Fsp3) is 0.975. The number of hydrogen-bond donors (Lipinski definition) is 3. The molecule has 18 atom stereocenters. The van der Waals surface area contributed by atoms with Crippen LogP contribution in [0.3, 0.4) is 0 Å². The first-order valence-corrected chi connectivity index (χ1v) is 19.9. The van der Waals surface area contributed by atoms with Gasteiger partial charge in [0.2, 0.25) is 0 Å². The third-order valence-electron chi connectivity index (χ3n) is 12.9. The zero-order valence-corrected chi connectivity index (χ0v) is 36.1. The number of hydrogen-bond acceptors (Lipinski definition) is 14. The van der Waals surface area contributed by atoms with Gasteiger partial charge in [0.05, 0.1) is 41.5 Å². The lowest BCUT2D eigenvalue weighted by Crippen LogP contribution is -2.61. The van der Waals surface area contributed by atoms with E-state index in [4.69, 9.17) is 37.9 Å². The van der Waals surface area contributed by atoms with E-state index in [1.54, 1.807) is 35.2 Å². The lowest BCUT2D eigenvalue weighted by atomic mass is 9.77. The van der Waals surface area contributed by atoms with E-state index in [1.165, 1.54) is 6.92 Å². The number of cyclic esters (lactones) is 1. The summed E-state index contributed by atoms with van der Waals surface area (Å²) >= 11 is 0. The van der Waals surface area contributed by atoms with E-state index in [-0.39, 0.29) is 30.9 Å². The summed E-state index contributed by atoms with van der Waals surface area (Å²) in [6.07, 6.45) is -5.93. The first-order valence-electron chi connectivity index (χ1n) is 19.9. The molecule has 0 unspecified atom stereocenters. The molecule has 14 heteroatoms. The van der Waals surface area contributed by atoms with Gasteiger partial charge in [-0.1, -0.05) is 20.8 Å². The van der Waals surface area contributed by atoms with Crippen LogP contribution in [0, 0.1) is 17.8 Å². The highest BCUT2D eigenvalue weighted by Crippen LogP contribution is 2.41. The lowest BCUT2D eigenvalue weighted by Gasteiger charge is -2.50. The molecule has 0 amide bonds. The van der Waals surface area contributed by atoms with E-state index in [0.717, 1.165) is 6.42 Å². The van der Waals surface area contributed by atoms with Gasteiger partial charge >= 0.3 is 5.97 Å². The molecule has 3 N–H and O–H groups in total. The van der Waals surface area contributed by atoms with Gasteiger partial charge < -0.3 is 63.0 Å². The van der Waals surface area contributed by atoms with Crippen molar-refractivity contribution in [3.8, 4) is 0 Å². The molecule has 0 saturated carbocycles. The molecule has 54 heavy (non-hydrogen) atoms. The quantitative estimate of drug-likeness (QED) is 0.293. The van der Waals surface area contributed by atoms with E-state index in [9.17, 15) is 20.1 Å². The minimum Gasteiger partial charge on any atom is -0.459 e. The Balaban J connectivity index is 2.23. The van der Waals surface area contributed by atoms with E-state index in [1.807, 2.05) is 67.6 Å². The minimum atomic E-state index is -1.76. The SMILES string of the molecule is CC[C@H]1OC(=O)[C@H](C)[C@@H](O[C@H]2C[C@@](C)(OC)[C@@H](O)[C@H](C)O2)[C@H](C)[C@@H](O[C@@H]2O[C@H](C)C[C@H](N(C)C)[C@H]2OC)[C@@](C)(OC)C[C@@H](C)CN(C)[C@H](C)[C@@H](O)[C@]1(C)O. The Morgan fingerprint density at radius 1 is 0.889 bits per heavy atom. The maximum Gasteiger partial charge on any atom is 0.311 e. The third kappa shape index (κ3) is 10.3. The lowest BCUT2D eigenvalue weighted by molar-refractivity contribution is -0.321. The van der Waals surface area contributed by atoms with Crippen molar-refractivity contribution in [3.05, 3.63) is 0 Å². The van der Waals surface area contributed by atoms with Crippen LogP contribution >= 0.6 is 0 Å². The Morgan fingerprint density at radius 3 is 2.04 bits per heavy atom. The first-order chi connectivity index (χ1) is 25.0. The summed E-state index contributed by atoms with van der Waals surface area (Å²) in [4.78, 5) is 18.5. The molecular formula is C40H76N2O12. The highest BCUT2D eigenvalue weighted by Gasteiger charge is 2.53. The molecule has 0 aromatic rings. The van der Waals surface area contributed by atoms with Crippen LogP contribution in [0.25, 0.3) is 0 Å². The normalized spacial score (nSPS) is 48.2. The smallest absolute Gasteiger partial charge is 0.311 e. The van der Waals surface area contributed by atoms with Crippen molar-refractivity contribution < 1.29 is 58.0 Å². The van der Waals surface area contributed by atoms with Gasteiger partial charge in [0.15, 0.2) is 12.6 Å². The molecular weight excluding hydrogens is 700 g/mol. The number of rotatable bonds is 9. The number of aliphatic hydroxyl groups is 3. The number of carbonyl (C=O) groups is 1. The van der Waals surface area contributed by atoms with Crippen molar-refractivity contribution in [2.75, 3.05) is 49.0 Å². The molecule has 3 saturated heterocycles. The molecule has 318 valence electrons. The summed E-state index contributed by atoms with van der Waals surface area (Å²) in [5, 5.41) is 34.4. The van der Waals surface area contributed by atoms with Crippen molar-refractivity contribution in [3.63, 3.8) is 0 Å². The summed E-state index contributed by atoms with van der Waals surface area (Å²) in [7, 11) is 10.8. The molecule has 14 nitrogen and oxygen atoms in total. The van der Waals surface area contributed by atoms with Gasteiger partial charge in [0, 0.05) is 52.3 Å². The third-order valence-corrected chi connectivity index (χ3v) is 12.9. The molecule has 0 radical (unpaired) electrons. The van der Waals surface area contributed by atoms with Crippen molar-refractivity contribution in [1.82, 2.24) is 9.80 Å². The largest absolute Gasteiger partial charge is 0.459 e. The van der Waals surface area contributed by atoms with Crippen molar-refractivity contribution in [2.45, 2.75) is 185 Å². The summed E-state index contributed by atoms with van der Waals surface area (Å²) in [6.45, 7) is 19.2. The summed E-state index contributed by atoms with van der Waals surface area (Å²) in [5.41, 5.74) is -3.70. The molecule has 0 spiro atoms. The van der Waals surface area contributed by atoms with Crippen LogP contribution < -0.4 is 0 Å². The Morgan fingerprint density at radius 2 is 1.50 bits per heavy atom. The monoisotopic (exact) mass is 777 g/mol. The Hall–Kier alpha value is -1.01. The zero-order valence-electron chi connectivity index (χ0n) is 36.1. The van der Waals surface area contributed by atoms with Gasteiger partial charge in [-0.05, 0) is 94.8 Å². The number of methoxy groups -OCH3 is 3. The number of carbonyl (C=O) groups excluding carboxylic acids is 1. The highest BCUT2D eigenvalue weighted by molar-refractivity contribution is 5.73. The second-order valence-electron chi connectivity index (χ2n) is 17.5. The second kappa shape index (κ2) is 19.2. The number of aliphatic hydroxyl groups excluding tert-OH is 2. The predicted octanol–water partition coefficient (Wildman–Crippen LogP) is 3.21. The molecule has 3 fully saturated rings. The van der Waals surface area contributed by atoms with Crippen molar-refractivity contribution >= 4 is 5.97 Å². The van der Waals surface area contributed by atoms with Gasteiger partial charge in [-0.25, -0.2) is 0 Å². The van der Waals surface area contributed by atoms with Gasteiger partial charge in [0.25, 0.3) is 0 Å². The molecule has 3 aliphatic heterocycles. The molecule has 0 aromatic carbocycles. The molecule has 0 aromatic heterocycles. The van der Waals surface area contributed by atoms with E-state index in [0.29, 0.717) is 13.0 Å². The van der Waals surface area contributed by atoms with E-state index in [2.05, 4.69) is 11.8 Å². The summed E-state index contributed by atoms with van der Waals surface area (Å²) in [5.74, 6) is -2.08. The summed E-state index contributed by atoms with van der Waals surface area (Å²) in [6, 6.07) is -0.474. The molecule has 3 heterocycles. The Kier molecular flexibility index (Phi) is 16.8. The fourth-order valence-electron chi connectivity index (χ4n) is 9.15. The van der Waals surface area contributed by atoms with Crippen LogP contribution in [0.4, 0.5) is 0 Å². The molecule has 3 aliphatic rings. The maximum atomic E-state index is 14.4. The minimum absolute atomic E-state index is 0.00518. The van der Waals surface area contributed by atoms with Gasteiger partial charge in [0.1, 0.15) is 30.0 Å². The van der Waals surface area contributed by atoms with E-state index < -0.39 is 96.0 Å². The highest BCUT2D eigenvalue weighted by atomic mass is 16.7. The Labute approximate surface area is 325 Å². The number of likely N-dealkylation sites (N-methyl/N-ethyl adjacent to an activating group) is 2. The first kappa shape index (κ1) is 47.4. The van der Waals surface area contributed by atoms with Gasteiger partial charge in [-0.3, -0.25) is 4.79 Å². The van der Waals surface area contributed by atoms with Crippen LogP contribution in [0.1, 0.15) is 94.9 Å². The van der Waals surface area contributed by atoms with Crippen LogP contribution in [0.5, 0.6) is 0 Å². The number of esters is 1. The number of ether oxygens (including phenoxy) is 8. The second-order valence-corrected chi connectivity index (χ2v) is 17.5. The van der Waals surface area contributed by atoms with E-state index >= 15 is 0 Å². The average molecular weight is 777 g/mol. The van der Waals surface area contributed by atoms with Gasteiger partial charge in [-0.15, -0.1) is 0 Å². The van der Waals surface area contributed by atoms with Crippen LogP contribution in [-0.4, -0.2) is 170 Å². The Bertz CT molecular complexity index is 1180. The van der Waals surface area contributed by atoms with Crippen LogP contribution in [-0.2, 0) is 42.7 Å². The van der Waals surface area contributed by atoms with Crippen molar-refractivity contribution in [2.24, 2.45) is 17.8 Å². The topological polar surface area (TPSA) is 158 Å². The van der Waals surface area contributed by atoms with Crippen molar-refractivity contribution in [1.29, 1.82) is 0 Å². The maximum absolute atomic E-state index is 14.4. The van der Waals surface area contributed by atoms with Crippen LogP contribution in [0.15, 0.2) is 0 Å². The standard InChI is InChI=1S/C40H76N2O12/c1-17-29-40(10,46)33(43)26(6)42(13)21-22(2)19-39(9,49-16)35(54-37-32(47-14)28(41(11)12)18-23(3)50-37)24(4)31(25(5)36(45)52-29)53-30-20-38(8,48-15)34(44)27(7)51-30/h22-35,37,43-44,46H,17-21H2,1-16H3/t22-,23-,24+,25-,26-,27+,28+,29-,30+,31+,32-,33-,34+,35-,37+,38-,39+,40-/m1/s1. The number of nitrogens with zero attached hydrogens (tertiary/aromatic N) is 2. The zero-order chi connectivity index (χ0) is 41.1. The fourth-order valence-corrected chi connectivity index (χ4v) is 9.15.